The van der Waals surface area contributed by atoms with E-state index in [1.165, 1.54) is 0 Å². The molecule has 0 bridgehead atoms. The molecule has 1 aromatic carbocycles. The Kier molecular flexibility index (Phi) is 6.83. The van der Waals surface area contributed by atoms with Crippen LogP contribution >= 0.6 is 35.2 Å². The molecule has 1 aromatic heterocycles. The van der Waals surface area contributed by atoms with Gasteiger partial charge in [-0.25, -0.2) is 0 Å². The van der Waals surface area contributed by atoms with E-state index in [1.54, 1.807) is 22.3 Å². The van der Waals surface area contributed by atoms with Crippen molar-refractivity contribution in [3.8, 4) is 0 Å². The lowest BCUT2D eigenvalue weighted by Gasteiger charge is -2.24. The molecular formula is C16H18ClN3OS2. The van der Waals surface area contributed by atoms with E-state index in [1.807, 2.05) is 42.6 Å². The van der Waals surface area contributed by atoms with E-state index < -0.39 is 0 Å². The van der Waals surface area contributed by atoms with Gasteiger partial charge in [0.1, 0.15) is 0 Å². The van der Waals surface area contributed by atoms with Gasteiger partial charge in [-0.05, 0) is 42.7 Å². The molecule has 1 heterocycles. The first-order valence-electron chi connectivity index (χ1n) is 7.19. The zero-order chi connectivity index (χ0) is 16.7. The van der Waals surface area contributed by atoms with Crippen molar-refractivity contribution in [1.82, 2.24) is 10.2 Å². The molecule has 7 heteroatoms. The van der Waals surface area contributed by atoms with E-state index in [4.69, 9.17) is 23.8 Å². The quantitative estimate of drug-likeness (QED) is 0.763. The Bertz CT molecular complexity index is 661. The van der Waals surface area contributed by atoms with Gasteiger partial charge in [0, 0.05) is 11.4 Å². The number of halogens is 1. The number of para-hydroxylation sites is 1. The first-order chi connectivity index (χ1) is 11.1. The van der Waals surface area contributed by atoms with Gasteiger partial charge >= 0.3 is 0 Å². The van der Waals surface area contributed by atoms with Crippen molar-refractivity contribution in [2.45, 2.75) is 13.5 Å². The molecule has 0 aliphatic rings. The number of amides is 1. The molecule has 23 heavy (non-hydrogen) atoms. The molecule has 0 unspecified atom stereocenters. The van der Waals surface area contributed by atoms with E-state index in [9.17, 15) is 4.79 Å². The molecule has 4 nitrogen and oxygen atoms in total. The van der Waals surface area contributed by atoms with E-state index >= 15 is 0 Å². The fourth-order valence-electron chi connectivity index (χ4n) is 1.91. The van der Waals surface area contributed by atoms with Gasteiger partial charge in [0.2, 0.25) is 5.91 Å². The summed E-state index contributed by atoms with van der Waals surface area (Å²) in [4.78, 5) is 15.0. The maximum absolute atomic E-state index is 12.1. The van der Waals surface area contributed by atoms with E-state index in [0.717, 1.165) is 10.6 Å². The lowest BCUT2D eigenvalue weighted by atomic mass is 10.3. The van der Waals surface area contributed by atoms with Gasteiger partial charge in [-0.1, -0.05) is 29.8 Å². The highest BCUT2D eigenvalue weighted by Gasteiger charge is 2.13. The summed E-state index contributed by atoms with van der Waals surface area (Å²) < 4.78 is 0. The molecule has 0 saturated heterocycles. The number of rotatable bonds is 6. The fourth-order valence-corrected chi connectivity index (χ4v) is 3.04. The predicted octanol–water partition coefficient (Wildman–Crippen LogP) is 3.74. The second kappa shape index (κ2) is 8.86. The highest BCUT2D eigenvalue weighted by atomic mass is 35.5. The van der Waals surface area contributed by atoms with Crippen LogP contribution in [0.5, 0.6) is 0 Å². The average molecular weight is 368 g/mol. The maximum Gasteiger partial charge on any atom is 0.239 e. The van der Waals surface area contributed by atoms with Crippen LogP contribution in [0.25, 0.3) is 0 Å². The Balaban J connectivity index is 1.87. The molecule has 1 amide bonds. The number of anilines is 1. The third-order valence-corrected chi connectivity index (χ3v) is 4.72. The summed E-state index contributed by atoms with van der Waals surface area (Å²) in [5, 5.41) is 9.04. The topological polar surface area (TPSA) is 44.4 Å². The normalized spacial score (nSPS) is 10.2. The largest absolute Gasteiger partial charge is 0.350 e. The Morgan fingerprint density at radius 3 is 2.74 bits per heavy atom. The molecule has 0 radical (unpaired) electrons. The van der Waals surface area contributed by atoms with Crippen molar-refractivity contribution in [1.29, 1.82) is 0 Å². The van der Waals surface area contributed by atoms with Crippen LogP contribution in [0.2, 0.25) is 5.02 Å². The number of thiocarbonyl (C=S) groups is 1. The summed E-state index contributed by atoms with van der Waals surface area (Å²) in [5.41, 5.74) is 0.733. The highest BCUT2D eigenvalue weighted by Crippen LogP contribution is 2.20. The van der Waals surface area contributed by atoms with Crippen LogP contribution in [0.15, 0.2) is 41.8 Å². The summed E-state index contributed by atoms with van der Waals surface area (Å²) in [6, 6.07) is 11.3. The Morgan fingerprint density at radius 1 is 1.30 bits per heavy atom. The standard InChI is InChI=1S/C16H18ClN3OS2/c1-2-20(11-15(21)18-10-12-6-5-9-23-12)16(22)19-14-8-4-3-7-13(14)17/h3-9H,2,10-11H2,1H3,(H,18,21)(H,19,22). The third-order valence-electron chi connectivity index (χ3n) is 3.16. The summed E-state index contributed by atoms with van der Waals surface area (Å²) in [5.74, 6) is -0.0661. The SMILES string of the molecule is CCN(CC(=O)NCc1cccs1)C(=S)Nc1ccccc1Cl. The smallest absolute Gasteiger partial charge is 0.239 e. The lowest BCUT2D eigenvalue weighted by Crippen LogP contribution is -2.42. The summed E-state index contributed by atoms with van der Waals surface area (Å²) in [6.07, 6.45) is 0. The van der Waals surface area contributed by atoms with Gasteiger partial charge in [0.05, 0.1) is 23.8 Å². The second-order valence-corrected chi connectivity index (χ2v) is 6.61. The van der Waals surface area contributed by atoms with Gasteiger partial charge < -0.3 is 15.5 Å². The number of carbonyl (C=O) groups is 1. The molecule has 122 valence electrons. The van der Waals surface area contributed by atoms with Crippen LogP contribution < -0.4 is 10.6 Å². The molecular weight excluding hydrogens is 350 g/mol. The first-order valence-corrected chi connectivity index (χ1v) is 8.86. The van der Waals surface area contributed by atoms with Gasteiger partial charge in [0.25, 0.3) is 0 Å². The average Bonchev–Trinajstić information content (AvgIpc) is 3.06. The number of carbonyl (C=O) groups excluding carboxylic acids is 1. The summed E-state index contributed by atoms with van der Waals surface area (Å²) >= 11 is 13.1. The minimum Gasteiger partial charge on any atom is -0.350 e. The van der Waals surface area contributed by atoms with Crippen LogP contribution in [0, 0.1) is 0 Å². The Hall–Kier alpha value is -1.63. The van der Waals surface area contributed by atoms with Crippen molar-refractivity contribution in [2.75, 3.05) is 18.4 Å². The zero-order valence-corrected chi connectivity index (χ0v) is 15.1. The van der Waals surface area contributed by atoms with Crippen molar-refractivity contribution in [3.05, 3.63) is 51.7 Å². The minimum absolute atomic E-state index is 0.0661. The number of thiophene rings is 1. The Morgan fingerprint density at radius 2 is 2.09 bits per heavy atom. The fraction of sp³-hybridized carbons (Fsp3) is 0.250. The Labute approximate surface area is 150 Å². The summed E-state index contributed by atoms with van der Waals surface area (Å²) in [7, 11) is 0. The minimum atomic E-state index is -0.0661. The predicted molar refractivity (Wildman–Crippen MR) is 101 cm³/mol. The lowest BCUT2D eigenvalue weighted by molar-refractivity contribution is -0.121. The molecule has 0 fully saturated rings. The maximum atomic E-state index is 12.1. The highest BCUT2D eigenvalue weighted by molar-refractivity contribution is 7.80. The van der Waals surface area contributed by atoms with Crippen molar-refractivity contribution >= 4 is 51.9 Å². The first kappa shape index (κ1) is 17.7. The summed E-state index contributed by atoms with van der Waals surface area (Å²) in [6.45, 7) is 3.33. The van der Waals surface area contributed by atoms with Gasteiger partial charge in [-0.15, -0.1) is 11.3 Å². The van der Waals surface area contributed by atoms with Crippen molar-refractivity contribution in [2.24, 2.45) is 0 Å². The molecule has 2 rings (SSSR count). The van der Waals surface area contributed by atoms with E-state index in [2.05, 4.69) is 10.6 Å². The number of nitrogens with one attached hydrogen (secondary N) is 2. The molecule has 0 atom stereocenters. The number of benzene rings is 1. The molecule has 0 aliphatic heterocycles. The van der Waals surface area contributed by atoms with E-state index in [-0.39, 0.29) is 12.5 Å². The van der Waals surface area contributed by atoms with Crippen molar-refractivity contribution in [3.63, 3.8) is 0 Å². The monoisotopic (exact) mass is 367 g/mol. The van der Waals surface area contributed by atoms with Crippen LogP contribution in [-0.4, -0.2) is 29.0 Å². The number of likely N-dealkylation sites (N-methyl/N-ethyl adjacent to an activating group) is 1. The van der Waals surface area contributed by atoms with Crippen LogP contribution in [0.1, 0.15) is 11.8 Å². The van der Waals surface area contributed by atoms with Crippen LogP contribution in [-0.2, 0) is 11.3 Å². The molecule has 0 aliphatic carbocycles. The number of nitrogens with zero attached hydrogens (tertiary/aromatic N) is 1. The molecule has 2 N–H and O–H groups in total. The number of hydrogen-bond donors (Lipinski definition) is 2. The van der Waals surface area contributed by atoms with Gasteiger partial charge in [0.15, 0.2) is 5.11 Å². The second-order valence-electron chi connectivity index (χ2n) is 4.78. The third kappa shape index (κ3) is 5.49. The van der Waals surface area contributed by atoms with Gasteiger partial charge in [-0.3, -0.25) is 4.79 Å². The molecule has 0 saturated carbocycles. The van der Waals surface area contributed by atoms with Gasteiger partial charge in [-0.2, -0.15) is 0 Å². The van der Waals surface area contributed by atoms with Crippen LogP contribution in [0.3, 0.4) is 0 Å². The molecule has 0 spiro atoms. The van der Waals surface area contributed by atoms with Crippen LogP contribution in [0.4, 0.5) is 5.69 Å². The van der Waals surface area contributed by atoms with Crippen molar-refractivity contribution < 1.29 is 4.79 Å². The van der Waals surface area contributed by atoms with E-state index in [0.29, 0.717) is 23.2 Å². The number of hydrogen-bond acceptors (Lipinski definition) is 3. The zero-order valence-electron chi connectivity index (χ0n) is 12.7. The molecule has 2 aromatic rings.